The highest BCUT2D eigenvalue weighted by molar-refractivity contribution is 8.15. The zero-order valence-corrected chi connectivity index (χ0v) is 17.5. The number of hydrogen-bond donors (Lipinski definition) is 1. The second-order valence-electron chi connectivity index (χ2n) is 6.52. The lowest BCUT2D eigenvalue weighted by molar-refractivity contribution is -0.118. The zero-order chi connectivity index (χ0) is 20.1. The first-order chi connectivity index (χ1) is 13.4. The van der Waals surface area contributed by atoms with Crippen LogP contribution in [0.4, 0.5) is 5.69 Å². The van der Waals surface area contributed by atoms with E-state index in [9.17, 15) is 13.2 Å². The molecule has 0 saturated carbocycles. The van der Waals surface area contributed by atoms with Crippen LogP contribution in [0.2, 0.25) is 0 Å². The fourth-order valence-corrected chi connectivity index (χ4v) is 5.14. The van der Waals surface area contributed by atoms with Crippen LogP contribution < -0.4 is 10.2 Å². The summed E-state index contributed by atoms with van der Waals surface area (Å²) in [5, 5.41) is 3.20. The van der Waals surface area contributed by atoms with Gasteiger partial charge in [-0.15, -0.1) is 4.40 Å². The number of para-hydroxylation sites is 1. The van der Waals surface area contributed by atoms with E-state index in [0.717, 1.165) is 23.7 Å². The number of nitrogens with one attached hydrogen (secondary N) is 1. The molecule has 2 aromatic carbocycles. The van der Waals surface area contributed by atoms with E-state index in [1.807, 2.05) is 43.0 Å². The van der Waals surface area contributed by atoms with E-state index in [-0.39, 0.29) is 16.6 Å². The van der Waals surface area contributed by atoms with Crippen LogP contribution in [-0.4, -0.2) is 31.8 Å². The lowest BCUT2D eigenvalue weighted by Crippen LogP contribution is -2.36. The summed E-state index contributed by atoms with van der Waals surface area (Å²) in [6.45, 7) is 5.09. The Morgan fingerprint density at radius 3 is 2.57 bits per heavy atom. The monoisotopic (exact) mass is 417 g/mol. The molecule has 0 fully saturated rings. The van der Waals surface area contributed by atoms with Gasteiger partial charge in [0.2, 0.25) is 5.91 Å². The largest absolute Gasteiger partial charge is 0.351 e. The summed E-state index contributed by atoms with van der Waals surface area (Å²) in [4.78, 5) is 14.3. The molecule has 1 amide bonds. The molecule has 148 valence electrons. The highest BCUT2D eigenvalue weighted by Crippen LogP contribution is 2.34. The van der Waals surface area contributed by atoms with Crippen LogP contribution in [0.15, 0.2) is 57.8 Å². The van der Waals surface area contributed by atoms with Crippen molar-refractivity contribution in [2.45, 2.75) is 31.7 Å². The van der Waals surface area contributed by atoms with Gasteiger partial charge in [0.1, 0.15) is 4.90 Å². The number of aryl methyl sites for hydroxylation is 1. The third-order valence-corrected chi connectivity index (χ3v) is 6.66. The molecule has 1 aliphatic rings. The molecule has 1 aliphatic heterocycles. The van der Waals surface area contributed by atoms with E-state index in [2.05, 4.69) is 9.71 Å². The molecule has 3 rings (SSSR count). The fraction of sp³-hybridized carbons (Fsp3) is 0.300. The lowest BCUT2D eigenvalue weighted by atomic mass is 10.1. The number of sulfonamides is 1. The number of benzene rings is 2. The Hall–Kier alpha value is -2.32. The predicted octanol–water partition coefficient (Wildman–Crippen LogP) is 3.32. The average molecular weight is 418 g/mol. The average Bonchev–Trinajstić information content (AvgIpc) is 2.68. The summed E-state index contributed by atoms with van der Waals surface area (Å²) in [6.07, 6.45) is 0.827. The molecule has 6 nitrogen and oxygen atoms in total. The van der Waals surface area contributed by atoms with Crippen LogP contribution in [0.1, 0.15) is 24.5 Å². The van der Waals surface area contributed by atoms with Crippen molar-refractivity contribution < 1.29 is 13.2 Å². The smallest absolute Gasteiger partial charge is 0.286 e. The molecule has 28 heavy (non-hydrogen) atoms. The molecule has 2 aromatic rings. The zero-order valence-electron chi connectivity index (χ0n) is 15.9. The van der Waals surface area contributed by atoms with Gasteiger partial charge in [-0.1, -0.05) is 60.6 Å². The van der Waals surface area contributed by atoms with Gasteiger partial charge in [-0.3, -0.25) is 4.79 Å². The maximum atomic E-state index is 12.5. The van der Waals surface area contributed by atoms with Gasteiger partial charge < -0.3 is 10.2 Å². The van der Waals surface area contributed by atoms with Gasteiger partial charge in [0.15, 0.2) is 5.17 Å². The van der Waals surface area contributed by atoms with Gasteiger partial charge >= 0.3 is 0 Å². The number of carbonyl (C=O) groups is 1. The minimum absolute atomic E-state index is 0.0998. The maximum absolute atomic E-state index is 12.5. The molecule has 0 bridgehead atoms. The Morgan fingerprint density at radius 2 is 1.86 bits per heavy atom. The van der Waals surface area contributed by atoms with E-state index in [1.54, 1.807) is 24.3 Å². The third kappa shape index (κ3) is 4.74. The van der Waals surface area contributed by atoms with Gasteiger partial charge in [-0.25, -0.2) is 0 Å². The fourth-order valence-electron chi connectivity index (χ4n) is 2.83. The lowest BCUT2D eigenvalue weighted by Gasteiger charge is -2.29. The molecular formula is C20H23N3O3S2. The van der Waals surface area contributed by atoms with Crippen LogP contribution in [0.3, 0.4) is 0 Å². The molecule has 0 aliphatic carbocycles. The van der Waals surface area contributed by atoms with Crippen LogP contribution in [0.25, 0.3) is 0 Å². The first kappa shape index (κ1) is 20.4. The first-order valence-electron chi connectivity index (χ1n) is 9.07. The molecule has 0 spiro atoms. The molecular weight excluding hydrogens is 394 g/mol. The van der Waals surface area contributed by atoms with Crippen LogP contribution in [-0.2, 0) is 21.4 Å². The number of amides is 1. The molecule has 0 saturated heterocycles. The highest BCUT2D eigenvalue weighted by atomic mass is 32.2. The Bertz CT molecular complexity index is 986. The Labute approximate surface area is 170 Å². The standard InChI is InChI=1S/C20H23N3O3S2/c1-3-12-23-17-6-4-5-7-18(17)28(25,26)22-20(23)27-14-19(24)21-13-16-10-8-15(2)9-11-16/h4-11H,3,12-14H2,1-2H3,(H,21,24). The van der Waals surface area contributed by atoms with Crippen molar-refractivity contribution in [2.24, 2.45) is 4.40 Å². The molecule has 8 heteroatoms. The quantitative estimate of drug-likeness (QED) is 0.780. The van der Waals surface area contributed by atoms with E-state index in [4.69, 9.17) is 0 Å². The SMILES string of the molecule is CCCN1C(SCC(=O)NCc2ccc(C)cc2)=NS(=O)(=O)c2ccccc21. The summed E-state index contributed by atoms with van der Waals surface area (Å²) in [6, 6.07) is 14.8. The van der Waals surface area contributed by atoms with E-state index >= 15 is 0 Å². The number of amidine groups is 1. The van der Waals surface area contributed by atoms with Gasteiger partial charge in [0.25, 0.3) is 10.0 Å². The van der Waals surface area contributed by atoms with Crippen LogP contribution in [0, 0.1) is 6.92 Å². The number of anilines is 1. The summed E-state index contributed by atoms with van der Waals surface area (Å²) in [5.74, 6) is -0.0660. The molecule has 0 atom stereocenters. The number of hydrogen-bond acceptors (Lipinski definition) is 5. The second-order valence-corrected chi connectivity index (χ2v) is 9.03. The number of thioether (sulfide) groups is 1. The van der Waals surface area contributed by atoms with Crippen molar-refractivity contribution in [2.75, 3.05) is 17.2 Å². The summed E-state index contributed by atoms with van der Waals surface area (Å²) in [7, 11) is -3.76. The third-order valence-electron chi connectivity index (χ3n) is 4.25. The molecule has 0 aromatic heterocycles. The van der Waals surface area contributed by atoms with Crippen molar-refractivity contribution >= 4 is 38.5 Å². The highest BCUT2D eigenvalue weighted by Gasteiger charge is 2.30. The van der Waals surface area contributed by atoms with Crippen molar-refractivity contribution in [3.8, 4) is 0 Å². The van der Waals surface area contributed by atoms with Crippen molar-refractivity contribution in [3.63, 3.8) is 0 Å². The van der Waals surface area contributed by atoms with Gasteiger partial charge in [-0.2, -0.15) is 8.42 Å². The van der Waals surface area contributed by atoms with E-state index < -0.39 is 10.0 Å². The molecule has 1 N–H and O–H groups in total. The summed E-state index contributed by atoms with van der Waals surface area (Å²) >= 11 is 1.14. The van der Waals surface area contributed by atoms with Gasteiger partial charge in [0, 0.05) is 13.1 Å². The number of carbonyl (C=O) groups excluding carboxylic acids is 1. The van der Waals surface area contributed by atoms with Gasteiger partial charge in [-0.05, 0) is 31.0 Å². The summed E-state index contributed by atoms with van der Waals surface area (Å²) in [5.41, 5.74) is 2.79. The van der Waals surface area contributed by atoms with Crippen molar-refractivity contribution in [1.82, 2.24) is 5.32 Å². The second kappa shape index (κ2) is 8.79. The summed E-state index contributed by atoms with van der Waals surface area (Å²) < 4.78 is 28.9. The predicted molar refractivity (Wildman–Crippen MR) is 114 cm³/mol. The first-order valence-corrected chi connectivity index (χ1v) is 11.5. The number of nitrogens with zero attached hydrogens (tertiary/aromatic N) is 2. The maximum Gasteiger partial charge on any atom is 0.286 e. The topological polar surface area (TPSA) is 78.8 Å². The molecule has 0 radical (unpaired) electrons. The van der Waals surface area contributed by atoms with Crippen molar-refractivity contribution in [3.05, 3.63) is 59.7 Å². The van der Waals surface area contributed by atoms with Crippen molar-refractivity contribution in [1.29, 1.82) is 0 Å². The number of fused-ring (bicyclic) bond motifs is 1. The molecule has 0 unspecified atom stereocenters. The normalized spacial score (nSPS) is 14.9. The number of rotatable bonds is 6. The van der Waals surface area contributed by atoms with E-state index in [1.165, 1.54) is 5.56 Å². The Balaban J connectivity index is 1.67. The van der Waals surface area contributed by atoms with Crippen LogP contribution >= 0.6 is 11.8 Å². The minimum atomic E-state index is -3.76. The Kier molecular flexibility index (Phi) is 6.41. The van der Waals surface area contributed by atoms with E-state index in [0.29, 0.717) is 23.9 Å². The van der Waals surface area contributed by atoms with Gasteiger partial charge in [0.05, 0.1) is 11.4 Å². The minimum Gasteiger partial charge on any atom is -0.351 e. The van der Waals surface area contributed by atoms with Crippen LogP contribution in [0.5, 0.6) is 0 Å². The molecule has 1 heterocycles. The Morgan fingerprint density at radius 1 is 1.14 bits per heavy atom.